The summed E-state index contributed by atoms with van der Waals surface area (Å²) in [7, 11) is 1.42. The molecule has 1 aliphatic heterocycles. The summed E-state index contributed by atoms with van der Waals surface area (Å²) in [6.07, 6.45) is 0. The van der Waals surface area contributed by atoms with Gasteiger partial charge in [0.2, 0.25) is 5.91 Å². The van der Waals surface area contributed by atoms with Gasteiger partial charge in [0, 0.05) is 37.9 Å². The number of anilines is 2. The van der Waals surface area contributed by atoms with Crippen molar-refractivity contribution in [2.45, 2.75) is 6.92 Å². The van der Waals surface area contributed by atoms with Crippen LogP contribution in [0.25, 0.3) is 0 Å². The molecule has 1 fully saturated rings. The SMILES string of the molecule is COc1cc([N+](=O)[O-])ccc1NC(=O)CN1CCN(c2ccccc2C)CC1. The molecular weight excluding hydrogens is 360 g/mol. The molecule has 0 atom stereocenters. The number of ether oxygens (including phenoxy) is 1. The van der Waals surface area contributed by atoms with E-state index in [0.29, 0.717) is 5.69 Å². The van der Waals surface area contributed by atoms with E-state index in [1.807, 2.05) is 12.1 Å². The molecule has 3 rings (SSSR count). The number of nitrogens with one attached hydrogen (secondary N) is 1. The Kier molecular flexibility index (Phi) is 6.10. The Morgan fingerprint density at radius 2 is 1.89 bits per heavy atom. The molecule has 0 aliphatic carbocycles. The van der Waals surface area contributed by atoms with Crippen molar-refractivity contribution in [3.8, 4) is 5.75 Å². The van der Waals surface area contributed by atoms with Gasteiger partial charge in [-0.3, -0.25) is 19.8 Å². The van der Waals surface area contributed by atoms with Crippen LogP contribution in [0.3, 0.4) is 0 Å². The van der Waals surface area contributed by atoms with Gasteiger partial charge in [-0.1, -0.05) is 18.2 Å². The lowest BCUT2D eigenvalue weighted by atomic mass is 10.1. The second-order valence-corrected chi connectivity index (χ2v) is 6.74. The van der Waals surface area contributed by atoms with Crippen LogP contribution in [0.5, 0.6) is 5.75 Å². The summed E-state index contributed by atoms with van der Waals surface area (Å²) in [6.45, 7) is 5.67. The minimum atomic E-state index is -0.498. The van der Waals surface area contributed by atoms with E-state index in [9.17, 15) is 14.9 Å². The van der Waals surface area contributed by atoms with Crippen molar-refractivity contribution < 1.29 is 14.5 Å². The maximum Gasteiger partial charge on any atom is 0.273 e. The first-order valence-corrected chi connectivity index (χ1v) is 9.13. The van der Waals surface area contributed by atoms with Gasteiger partial charge in [-0.2, -0.15) is 0 Å². The Balaban J connectivity index is 1.55. The molecule has 1 saturated heterocycles. The lowest BCUT2D eigenvalue weighted by Crippen LogP contribution is -2.48. The quantitative estimate of drug-likeness (QED) is 0.609. The minimum Gasteiger partial charge on any atom is -0.494 e. The Morgan fingerprint density at radius 1 is 1.18 bits per heavy atom. The molecule has 0 radical (unpaired) electrons. The van der Waals surface area contributed by atoms with Crippen LogP contribution in [-0.4, -0.2) is 55.6 Å². The lowest BCUT2D eigenvalue weighted by molar-refractivity contribution is -0.384. The molecule has 0 bridgehead atoms. The number of rotatable bonds is 6. The summed E-state index contributed by atoms with van der Waals surface area (Å²) in [5.74, 6) is 0.100. The standard InChI is InChI=1S/C20H24N4O4/c1-15-5-3-4-6-18(15)23-11-9-22(10-12-23)14-20(25)21-17-8-7-16(24(26)27)13-19(17)28-2/h3-8,13H,9-12,14H2,1-2H3,(H,21,25). The molecule has 1 aliphatic rings. The number of piperazine rings is 1. The Bertz CT molecular complexity index is 863. The number of para-hydroxylation sites is 1. The fourth-order valence-electron chi connectivity index (χ4n) is 3.35. The zero-order chi connectivity index (χ0) is 20.1. The number of benzene rings is 2. The van der Waals surface area contributed by atoms with Crippen molar-refractivity contribution in [1.29, 1.82) is 0 Å². The summed E-state index contributed by atoms with van der Waals surface area (Å²) >= 11 is 0. The number of amides is 1. The highest BCUT2D eigenvalue weighted by Crippen LogP contribution is 2.29. The largest absolute Gasteiger partial charge is 0.494 e. The van der Waals surface area contributed by atoms with E-state index in [2.05, 4.69) is 34.2 Å². The minimum absolute atomic E-state index is 0.0813. The number of non-ortho nitro benzene ring substituents is 1. The molecule has 8 nitrogen and oxygen atoms in total. The van der Waals surface area contributed by atoms with Gasteiger partial charge >= 0.3 is 0 Å². The maximum absolute atomic E-state index is 12.4. The first-order valence-electron chi connectivity index (χ1n) is 9.13. The molecule has 0 saturated carbocycles. The molecule has 1 amide bonds. The monoisotopic (exact) mass is 384 g/mol. The summed E-state index contributed by atoms with van der Waals surface area (Å²) in [4.78, 5) is 27.2. The van der Waals surface area contributed by atoms with Crippen molar-refractivity contribution >= 4 is 23.0 Å². The van der Waals surface area contributed by atoms with Crippen LogP contribution in [0.15, 0.2) is 42.5 Å². The predicted molar refractivity (Wildman–Crippen MR) is 108 cm³/mol. The van der Waals surface area contributed by atoms with E-state index in [1.54, 1.807) is 0 Å². The summed E-state index contributed by atoms with van der Waals surface area (Å²) in [5, 5.41) is 13.7. The second-order valence-electron chi connectivity index (χ2n) is 6.74. The van der Waals surface area contributed by atoms with Gasteiger partial charge in [0.15, 0.2) is 0 Å². The molecule has 148 valence electrons. The third kappa shape index (κ3) is 4.58. The molecule has 0 unspecified atom stereocenters. The van der Waals surface area contributed by atoms with Crippen LogP contribution in [0.1, 0.15) is 5.56 Å². The van der Waals surface area contributed by atoms with Crippen LogP contribution < -0.4 is 15.0 Å². The Labute approximate surface area is 163 Å². The third-order valence-electron chi connectivity index (χ3n) is 4.87. The van der Waals surface area contributed by atoms with E-state index in [1.165, 1.54) is 36.6 Å². The normalized spacial score (nSPS) is 14.6. The summed E-state index contributed by atoms with van der Waals surface area (Å²) in [6, 6.07) is 12.4. The smallest absolute Gasteiger partial charge is 0.273 e. The highest BCUT2D eigenvalue weighted by molar-refractivity contribution is 5.94. The van der Waals surface area contributed by atoms with Gasteiger partial charge in [-0.05, 0) is 24.6 Å². The summed E-state index contributed by atoms with van der Waals surface area (Å²) < 4.78 is 5.16. The molecule has 8 heteroatoms. The molecule has 1 heterocycles. The van der Waals surface area contributed by atoms with Crippen LogP contribution in [0, 0.1) is 17.0 Å². The van der Waals surface area contributed by atoms with E-state index >= 15 is 0 Å². The van der Waals surface area contributed by atoms with Gasteiger partial charge in [-0.15, -0.1) is 0 Å². The fourth-order valence-corrected chi connectivity index (χ4v) is 3.35. The summed E-state index contributed by atoms with van der Waals surface area (Å²) in [5.41, 5.74) is 2.83. The molecule has 2 aromatic carbocycles. The second kappa shape index (κ2) is 8.71. The van der Waals surface area contributed by atoms with Gasteiger partial charge in [0.1, 0.15) is 5.75 Å². The van der Waals surface area contributed by atoms with Crippen molar-refractivity contribution in [3.05, 3.63) is 58.1 Å². The first kappa shape index (κ1) is 19.6. The number of aryl methyl sites for hydroxylation is 1. The molecule has 28 heavy (non-hydrogen) atoms. The van der Waals surface area contributed by atoms with Crippen LogP contribution in [0.4, 0.5) is 17.1 Å². The van der Waals surface area contributed by atoms with E-state index < -0.39 is 4.92 Å². The number of carbonyl (C=O) groups is 1. The van der Waals surface area contributed by atoms with Crippen molar-refractivity contribution in [3.63, 3.8) is 0 Å². The van der Waals surface area contributed by atoms with Crippen LogP contribution in [0.2, 0.25) is 0 Å². The average molecular weight is 384 g/mol. The van der Waals surface area contributed by atoms with E-state index in [-0.39, 0.29) is 23.9 Å². The zero-order valence-corrected chi connectivity index (χ0v) is 16.1. The van der Waals surface area contributed by atoms with Gasteiger partial charge in [-0.25, -0.2) is 0 Å². The first-order chi connectivity index (χ1) is 13.5. The number of hydrogen-bond acceptors (Lipinski definition) is 6. The highest BCUT2D eigenvalue weighted by Gasteiger charge is 2.21. The lowest BCUT2D eigenvalue weighted by Gasteiger charge is -2.36. The topological polar surface area (TPSA) is 87.9 Å². The van der Waals surface area contributed by atoms with Crippen molar-refractivity contribution in [2.75, 3.05) is 50.1 Å². The predicted octanol–water partition coefficient (Wildman–Crippen LogP) is 2.67. The molecule has 2 aromatic rings. The molecule has 0 spiro atoms. The van der Waals surface area contributed by atoms with Crippen molar-refractivity contribution in [1.82, 2.24) is 4.90 Å². The fraction of sp³-hybridized carbons (Fsp3) is 0.350. The van der Waals surface area contributed by atoms with E-state index in [4.69, 9.17) is 4.74 Å². The number of nitro benzene ring substituents is 1. The number of nitro groups is 1. The van der Waals surface area contributed by atoms with Crippen molar-refractivity contribution in [2.24, 2.45) is 0 Å². The number of methoxy groups -OCH3 is 1. The molecule has 0 aromatic heterocycles. The third-order valence-corrected chi connectivity index (χ3v) is 4.87. The number of carbonyl (C=O) groups excluding carboxylic acids is 1. The zero-order valence-electron chi connectivity index (χ0n) is 16.1. The van der Waals surface area contributed by atoms with Crippen LogP contribution in [-0.2, 0) is 4.79 Å². The van der Waals surface area contributed by atoms with E-state index in [0.717, 1.165) is 26.2 Å². The maximum atomic E-state index is 12.4. The number of hydrogen-bond donors (Lipinski definition) is 1. The van der Waals surface area contributed by atoms with Gasteiger partial charge < -0.3 is 15.0 Å². The van der Waals surface area contributed by atoms with Crippen LogP contribution >= 0.6 is 0 Å². The number of nitrogens with zero attached hydrogens (tertiary/aromatic N) is 3. The molecule has 1 N–H and O–H groups in total. The Hall–Kier alpha value is -3.13. The van der Waals surface area contributed by atoms with Gasteiger partial charge in [0.25, 0.3) is 5.69 Å². The highest BCUT2D eigenvalue weighted by atomic mass is 16.6. The Morgan fingerprint density at radius 3 is 2.54 bits per heavy atom. The van der Waals surface area contributed by atoms with Gasteiger partial charge in [0.05, 0.1) is 30.3 Å². The average Bonchev–Trinajstić information content (AvgIpc) is 2.69. The molecular formula is C20H24N4O4.